The summed E-state index contributed by atoms with van der Waals surface area (Å²) < 4.78 is 77.6. The molecule has 0 amide bonds. The Morgan fingerprint density at radius 2 is 1.89 bits per heavy atom. The van der Waals surface area contributed by atoms with Gasteiger partial charge in [0.2, 0.25) is 0 Å². The predicted molar refractivity (Wildman–Crippen MR) is 149 cm³/mol. The summed E-state index contributed by atoms with van der Waals surface area (Å²) in [5.74, 6) is 0.678. The van der Waals surface area contributed by atoms with Gasteiger partial charge in [0, 0.05) is 46.4 Å². The van der Waals surface area contributed by atoms with Gasteiger partial charge in [-0.25, -0.2) is 4.98 Å². The van der Waals surface area contributed by atoms with E-state index in [-0.39, 0.29) is 55.2 Å². The molecule has 1 fully saturated rings. The second-order valence-corrected chi connectivity index (χ2v) is 9.39. The molecule has 37 heavy (non-hydrogen) atoms. The van der Waals surface area contributed by atoms with Gasteiger partial charge in [0.05, 0.1) is 5.48 Å². The maximum Gasteiger partial charge on any atom is 0.113 e. The Morgan fingerprint density at radius 3 is 2.76 bits per heavy atom. The topological polar surface area (TPSA) is 38.7 Å². The van der Waals surface area contributed by atoms with Crippen LogP contribution in [0.25, 0.3) is 42.8 Å². The van der Waals surface area contributed by atoms with E-state index in [1.807, 2.05) is 12.1 Å². The van der Waals surface area contributed by atoms with E-state index in [1.54, 1.807) is 18.3 Å². The van der Waals surface area contributed by atoms with Gasteiger partial charge >= 0.3 is 0 Å². The molecule has 7 rings (SSSR count). The molecule has 4 aromatic heterocycles. The van der Waals surface area contributed by atoms with Gasteiger partial charge in [-0.2, -0.15) is 11.3 Å². The summed E-state index contributed by atoms with van der Waals surface area (Å²) in [6.45, 7) is -4.85. The van der Waals surface area contributed by atoms with Gasteiger partial charge in [-0.15, -0.1) is 59.2 Å². The molecular weight excluding hydrogens is 651 g/mol. The monoisotopic (exact) mass is 686 g/mol. The van der Waals surface area contributed by atoms with Crippen LogP contribution >= 0.6 is 11.3 Å². The molecule has 0 aliphatic heterocycles. The number of nitrogens with zero attached hydrogens (tertiary/aromatic N) is 3. The minimum absolute atomic E-state index is 0. The van der Waals surface area contributed by atoms with Crippen molar-refractivity contribution in [2.45, 2.75) is 32.5 Å². The Bertz CT molecular complexity index is 2110. The Hall–Kier alpha value is -3.24. The molecule has 5 heteroatoms. The van der Waals surface area contributed by atoms with Gasteiger partial charge in [-0.1, -0.05) is 35.6 Å². The molecule has 1 aliphatic rings. The van der Waals surface area contributed by atoms with E-state index in [0.29, 0.717) is 26.7 Å². The molecular formula is C32H25IrN3S-2. The quantitative estimate of drug-likeness (QED) is 0.176. The minimum Gasteiger partial charge on any atom is -0.305 e. The summed E-state index contributed by atoms with van der Waals surface area (Å²) in [4.78, 5) is 13.1. The maximum absolute atomic E-state index is 8.27. The van der Waals surface area contributed by atoms with Crippen LogP contribution in [0, 0.1) is 25.8 Å². The average molecular weight is 686 g/mol. The molecule has 1 radical (unpaired) electrons. The summed E-state index contributed by atoms with van der Waals surface area (Å²) in [5.41, 5.74) is 3.01. The van der Waals surface area contributed by atoms with E-state index in [9.17, 15) is 0 Å². The molecule has 0 bridgehead atoms. The summed E-state index contributed by atoms with van der Waals surface area (Å²) >= 11 is 1.25. The van der Waals surface area contributed by atoms with Crippen LogP contribution in [-0.2, 0) is 20.1 Å². The first-order chi connectivity index (χ1) is 21.7. The number of thiophene rings is 1. The standard InChI is InChI=1S/C18H13N2S.C14H12N.Ir/c1-11-6-9-16(19-10-11)15-5-3-4-13-14-8-7-12(2)20-18(14)21-17(13)15;1-2-9-15-14(6-1)13-5-3-4-12(10-13)11-7-8-11;/h3-4,6-10H,1-2H3;1-4,6,9-11H,7-8H2;/q2*-1;/i1D3,2D3,6D,9D;1D,6D;. The van der Waals surface area contributed by atoms with Gasteiger partial charge in [0.15, 0.2) is 0 Å². The normalized spacial score (nSPS) is 17.2. The first-order valence-corrected chi connectivity index (χ1v) is 12.2. The molecule has 4 heterocycles. The molecule has 0 atom stereocenters. The number of hydrogen-bond donors (Lipinski definition) is 0. The van der Waals surface area contributed by atoms with Crippen LogP contribution in [0.2, 0.25) is 0 Å². The number of aromatic nitrogens is 3. The van der Waals surface area contributed by atoms with Gasteiger partial charge in [-0.05, 0) is 71.6 Å². The van der Waals surface area contributed by atoms with Crippen molar-refractivity contribution in [1.29, 1.82) is 0 Å². The average Bonchev–Trinajstić information content (AvgIpc) is 3.79. The van der Waals surface area contributed by atoms with Crippen molar-refractivity contribution in [3.63, 3.8) is 0 Å². The molecule has 1 saturated carbocycles. The number of aryl methyl sites for hydroxylation is 2. The van der Waals surface area contributed by atoms with Crippen LogP contribution in [0.3, 0.4) is 0 Å². The van der Waals surface area contributed by atoms with Crippen molar-refractivity contribution >= 4 is 31.6 Å². The third-order valence-electron chi connectivity index (χ3n) is 5.86. The Morgan fingerprint density at radius 1 is 0.973 bits per heavy atom. The molecule has 0 N–H and O–H groups in total. The van der Waals surface area contributed by atoms with Crippen molar-refractivity contribution < 1.29 is 33.8 Å². The van der Waals surface area contributed by atoms with Crippen LogP contribution in [-0.4, -0.2) is 15.0 Å². The zero-order chi connectivity index (χ0) is 33.0. The SMILES string of the molecule is [2H]c1c(C([2H])([2H])[2H])cnc(-c2[c-]ccc3c2sc2nc(C([2H])([2H])[2H])ccc23)c1[2H].[2H]c1ccnc(-c2[c-]ccc(C3CC3)c2)c1[2H].[Ir]. The van der Waals surface area contributed by atoms with E-state index in [0.717, 1.165) is 22.5 Å². The van der Waals surface area contributed by atoms with Gasteiger partial charge in [0.25, 0.3) is 0 Å². The molecule has 1 aliphatic carbocycles. The minimum atomic E-state index is -2.53. The Labute approximate surface area is 249 Å². The fourth-order valence-electron chi connectivity index (χ4n) is 3.97. The van der Waals surface area contributed by atoms with E-state index < -0.39 is 19.7 Å². The number of hydrogen-bond acceptors (Lipinski definition) is 4. The summed E-state index contributed by atoms with van der Waals surface area (Å²) in [6, 6.07) is 20.0. The van der Waals surface area contributed by atoms with E-state index in [4.69, 9.17) is 13.7 Å². The number of rotatable bonds is 3. The molecule has 0 spiro atoms. The van der Waals surface area contributed by atoms with E-state index >= 15 is 0 Å². The smallest absolute Gasteiger partial charge is 0.113 e. The number of benzene rings is 2. The summed E-state index contributed by atoms with van der Waals surface area (Å²) in [5, 5.41) is 1.57. The molecule has 185 valence electrons. The molecule has 0 unspecified atom stereocenters. The van der Waals surface area contributed by atoms with Crippen molar-refractivity contribution in [3.8, 4) is 22.5 Å². The maximum atomic E-state index is 8.27. The van der Waals surface area contributed by atoms with Gasteiger partial charge in [0.1, 0.15) is 4.83 Å². The van der Waals surface area contributed by atoms with E-state index in [2.05, 4.69) is 39.2 Å². The third kappa shape index (κ3) is 5.55. The largest absolute Gasteiger partial charge is 0.305 e. The van der Waals surface area contributed by atoms with Crippen molar-refractivity contribution in [3.05, 3.63) is 114 Å². The molecule has 3 nitrogen and oxygen atoms in total. The predicted octanol–water partition coefficient (Wildman–Crippen LogP) is 8.35. The fraction of sp³-hybridized carbons (Fsp3) is 0.156. The molecule has 6 aromatic rings. The van der Waals surface area contributed by atoms with Crippen LogP contribution in [0.5, 0.6) is 0 Å². The van der Waals surface area contributed by atoms with Crippen molar-refractivity contribution in [2.24, 2.45) is 0 Å². The van der Waals surface area contributed by atoms with Crippen LogP contribution in [0.1, 0.15) is 49.3 Å². The second-order valence-electron chi connectivity index (χ2n) is 8.39. The zero-order valence-electron chi connectivity index (χ0n) is 29.3. The summed E-state index contributed by atoms with van der Waals surface area (Å²) in [6.07, 6.45) is 5.19. The zero-order valence-corrected chi connectivity index (χ0v) is 22.6. The Kier molecular flexibility index (Phi) is 4.73. The van der Waals surface area contributed by atoms with Crippen molar-refractivity contribution in [1.82, 2.24) is 15.0 Å². The first kappa shape index (κ1) is 15.9. The van der Waals surface area contributed by atoms with Gasteiger partial charge in [-0.3, -0.25) is 0 Å². The molecule has 2 aromatic carbocycles. The molecule has 0 saturated heterocycles. The van der Waals surface area contributed by atoms with Crippen LogP contribution < -0.4 is 0 Å². The first-order valence-electron chi connectivity index (χ1n) is 16.4. The van der Waals surface area contributed by atoms with Crippen molar-refractivity contribution in [2.75, 3.05) is 0 Å². The van der Waals surface area contributed by atoms with Crippen LogP contribution in [0.4, 0.5) is 0 Å². The van der Waals surface area contributed by atoms with E-state index in [1.165, 1.54) is 41.9 Å². The number of fused-ring (bicyclic) bond motifs is 3. The summed E-state index contributed by atoms with van der Waals surface area (Å²) in [7, 11) is 0. The van der Waals surface area contributed by atoms with Crippen LogP contribution in [0.15, 0.2) is 85.1 Å². The fourth-order valence-corrected chi connectivity index (χ4v) is 5.14. The Balaban J connectivity index is 0.000000205. The van der Waals surface area contributed by atoms with Gasteiger partial charge < -0.3 is 9.97 Å². The second kappa shape index (κ2) is 11.0. The number of pyridine rings is 3. The third-order valence-corrected chi connectivity index (χ3v) is 6.99.